The minimum atomic E-state index is -3.41. The van der Waals surface area contributed by atoms with E-state index in [1.54, 1.807) is 46.9 Å². The minimum Gasteiger partial charge on any atom is -0.224 e. The van der Waals surface area contributed by atoms with Crippen LogP contribution in [0.2, 0.25) is 5.02 Å². The Morgan fingerprint density at radius 1 is 0.957 bits per heavy atom. The molecule has 0 atom stereocenters. The summed E-state index contributed by atoms with van der Waals surface area (Å²) in [5.74, 6) is 0.0646. The molecular weight excluding hydrogens is 368 g/mol. The van der Waals surface area contributed by atoms with Crippen LogP contribution in [0.3, 0.4) is 0 Å². The molecule has 0 saturated heterocycles. The first kappa shape index (κ1) is 15.4. The Morgan fingerprint density at radius 3 is 2.00 bits per heavy atom. The fourth-order valence-corrected chi connectivity index (χ4v) is 7.40. The summed E-state index contributed by atoms with van der Waals surface area (Å²) < 4.78 is 25.9. The first-order valence-electron chi connectivity index (χ1n) is 7.06. The zero-order valence-corrected chi connectivity index (χ0v) is 15.5. The Kier molecular flexibility index (Phi) is 3.47. The van der Waals surface area contributed by atoms with Crippen molar-refractivity contribution in [1.82, 2.24) is 0 Å². The maximum Gasteiger partial charge on any atom is 0.179 e. The van der Waals surface area contributed by atoms with Crippen LogP contribution in [0.15, 0.2) is 52.1 Å². The summed E-state index contributed by atoms with van der Waals surface area (Å²) in [5.41, 5.74) is 1.76. The normalized spacial score (nSPS) is 15.4. The van der Waals surface area contributed by atoms with Gasteiger partial charge < -0.3 is 0 Å². The summed E-state index contributed by atoms with van der Waals surface area (Å²) >= 11 is 9.24. The second kappa shape index (κ2) is 5.18. The highest BCUT2D eigenvalue weighted by molar-refractivity contribution is 7.91. The molecule has 0 unspecified atom stereocenters. The lowest BCUT2D eigenvalue weighted by molar-refractivity contribution is 0.572. The summed E-state index contributed by atoms with van der Waals surface area (Å²) in [6.07, 6.45) is 0. The number of thiophene rings is 2. The summed E-state index contributed by atoms with van der Waals surface area (Å²) in [6.45, 7) is 2.03. The van der Waals surface area contributed by atoms with Crippen molar-refractivity contribution in [3.8, 4) is 9.75 Å². The summed E-state index contributed by atoms with van der Waals surface area (Å²) in [7, 11) is -3.41. The van der Waals surface area contributed by atoms with Crippen LogP contribution in [0, 0.1) is 0 Å². The van der Waals surface area contributed by atoms with Crippen molar-refractivity contribution >= 4 is 44.1 Å². The van der Waals surface area contributed by atoms with Gasteiger partial charge in [0.25, 0.3) is 0 Å². The van der Waals surface area contributed by atoms with Crippen LogP contribution in [-0.2, 0) is 15.3 Å². The van der Waals surface area contributed by atoms with Crippen molar-refractivity contribution in [3.05, 3.63) is 63.3 Å². The lowest BCUT2D eigenvalue weighted by Crippen LogP contribution is -2.30. The standard InChI is InChI=1S/C17H13ClO2S3/c1-17(10-23(19,20)12-4-2-11(18)3-5-12)13-6-8-21-15(13)16-14(17)7-9-22-16/h2-9H,10H2,1H3. The van der Waals surface area contributed by atoms with Crippen LogP contribution in [0.5, 0.6) is 0 Å². The number of hydrogen-bond acceptors (Lipinski definition) is 4. The summed E-state index contributed by atoms with van der Waals surface area (Å²) in [4.78, 5) is 2.75. The molecule has 2 nitrogen and oxygen atoms in total. The lowest BCUT2D eigenvalue weighted by Gasteiger charge is -2.25. The second-order valence-electron chi connectivity index (χ2n) is 5.87. The van der Waals surface area contributed by atoms with Gasteiger partial charge in [-0.1, -0.05) is 18.5 Å². The topological polar surface area (TPSA) is 34.1 Å². The maximum atomic E-state index is 12.9. The number of halogens is 1. The van der Waals surface area contributed by atoms with E-state index in [0.29, 0.717) is 9.92 Å². The average molecular weight is 381 g/mol. The molecule has 3 aromatic rings. The molecule has 0 aliphatic heterocycles. The number of rotatable bonds is 3. The Bertz CT molecular complexity index is 941. The highest BCUT2D eigenvalue weighted by Gasteiger charge is 2.44. The van der Waals surface area contributed by atoms with E-state index in [1.165, 1.54) is 9.75 Å². The second-order valence-corrected chi connectivity index (χ2v) is 10.1. The molecule has 0 radical (unpaired) electrons. The maximum absolute atomic E-state index is 12.9. The van der Waals surface area contributed by atoms with Crippen molar-refractivity contribution in [3.63, 3.8) is 0 Å². The van der Waals surface area contributed by atoms with E-state index in [1.807, 2.05) is 17.7 Å². The molecule has 0 spiro atoms. The molecule has 1 aromatic carbocycles. The fourth-order valence-electron chi connectivity index (χ4n) is 3.25. The quantitative estimate of drug-likeness (QED) is 0.624. The van der Waals surface area contributed by atoms with Crippen molar-refractivity contribution < 1.29 is 8.42 Å². The molecular formula is C17H13ClO2S3. The van der Waals surface area contributed by atoms with Gasteiger partial charge in [-0.2, -0.15) is 0 Å². The molecule has 6 heteroatoms. The van der Waals surface area contributed by atoms with Gasteiger partial charge in [0.1, 0.15) is 0 Å². The number of fused-ring (bicyclic) bond motifs is 3. The third-order valence-corrected chi connectivity index (χ3v) is 8.57. The molecule has 0 fully saturated rings. The average Bonchev–Trinajstić information content (AvgIpc) is 3.18. The molecule has 2 heterocycles. The van der Waals surface area contributed by atoms with Crippen LogP contribution in [0.1, 0.15) is 18.1 Å². The summed E-state index contributed by atoms with van der Waals surface area (Å²) in [6, 6.07) is 10.5. The zero-order valence-electron chi connectivity index (χ0n) is 12.2. The third-order valence-electron chi connectivity index (χ3n) is 4.38. The van der Waals surface area contributed by atoms with Gasteiger partial charge in [-0.25, -0.2) is 8.42 Å². The minimum absolute atomic E-state index is 0.0646. The van der Waals surface area contributed by atoms with E-state index in [9.17, 15) is 8.42 Å². The Labute approximate surface area is 148 Å². The first-order valence-corrected chi connectivity index (χ1v) is 10.9. The molecule has 0 bridgehead atoms. The van der Waals surface area contributed by atoms with Crippen LogP contribution in [0.25, 0.3) is 9.75 Å². The van der Waals surface area contributed by atoms with E-state index >= 15 is 0 Å². The Morgan fingerprint density at radius 2 is 1.48 bits per heavy atom. The largest absolute Gasteiger partial charge is 0.224 e. The van der Waals surface area contributed by atoms with E-state index in [2.05, 4.69) is 12.1 Å². The Balaban J connectivity index is 1.81. The first-order chi connectivity index (χ1) is 10.9. The van der Waals surface area contributed by atoms with Gasteiger partial charge in [-0.3, -0.25) is 0 Å². The molecule has 118 valence electrons. The van der Waals surface area contributed by atoms with Crippen molar-refractivity contribution in [1.29, 1.82) is 0 Å². The highest BCUT2D eigenvalue weighted by atomic mass is 35.5. The SMILES string of the molecule is CC1(CS(=O)(=O)c2ccc(Cl)cc2)c2ccsc2-c2sccc21. The van der Waals surface area contributed by atoms with E-state index in [-0.39, 0.29) is 5.75 Å². The van der Waals surface area contributed by atoms with Crippen molar-refractivity contribution in [2.75, 3.05) is 5.75 Å². The van der Waals surface area contributed by atoms with Gasteiger partial charge in [0.2, 0.25) is 0 Å². The number of benzene rings is 1. The molecule has 0 N–H and O–H groups in total. The van der Waals surface area contributed by atoms with Crippen LogP contribution in [0.4, 0.5) is 0 Å². The van der Waals surface area contributed by atoms with Gasteiger partial charge in [-0.15, -0.1) is 22.7 Å². The Hall–Kier alpha value is -1.14. The molecule has 1 aliphatic carbocycles. The van der Waals surface area contributed by atoms with Gasteiger partial charge >= 0.3 is 0 Å². The molecule has 23 heavy (non-hydrogen) atoms. The molecule has 0 saturated carbocycles. The predicted molar refractivity (Wildman–Crippen MR) is 97.6 cm³/mol. The zero-order chi connectivity index (χ0) is 16.2. The molecule has 2 aromatic heterocycles. The highest BCUT2D eigenvalue weighted by Crippen LogP contribution is 2.54. The van der Waals surface area contributed by atoms with E-state index in [0.717, 1.165) is 11.1 Å². The van der Waals surface area contributed by atoms with Gasteiger partial charge in [-0.05, 0) is 58.3 Å². The molecule has 0 amide bonds. The van der Waals surface area contributed by atoms with E-state index < -0.39 is 15.3 Å². The fraction of sp³-hybridized carbons (Fsp3) is 0.176. The predicted octanol–water partition coefficient (Wildman–Crippen LogP) is 5.22. The van der Waals surface area contributed by atoms with Crippen molar-refractivity contribution in [2.45, 2.75) is 17.2 Å². The van der Waals surface area contributed by atoms with Crippen LogP contribution >= 0.6 is 34.3 Å². The van der Waals surface area contributed by atoms with E-state index in [4.69, 9.17) is 11.6 Å². The molecule has 4 rings (SSSR count). The number of sulfone groups is 1. The van der Waals surface area contributed by atoms with Crippen LogP contribution < -0.4 is 0 Å². The molecule has 1 aliphatic rings. The number of hydrogen-bond donors (Lipinski definition) is 0. The summed E-state index contributed by atoms with van der Waals surface area (Å²) in [5, 5.41) is 4.62. The smallest absolute Gasteiger partial charge is 0.179 e. The lowest BCUT2D eigenvalue weighted by atomic mass is 9.84. The van der Waals surface area contributed by atoms with Crippen molar-refractivity contribution in [2.24, 2.45) is 0 Å². The monoisotopic (exact) mass is 380 g/mol. The van der Waals surface area contributed by atoms with Gasteiger partial charge in [0.05, 0.1) is 10.6 Å². The van der Waals surface area contributed by atoms with Gasteiger partial charge in [0, 0.05) is 20.2 Å². The van der Waals surface area contributed by atoms with Crippen LogP contribution in [-0.4, -0.2) is 14.2 Å². The van der Waals surface area contributed by atoms with Gasteiger partial charge in [0.15, 0.2) is 9.84 Å². The third kappa shape index (κ3) is 2.30.